The first kappa shape index (κ1) is 13.1. The van der Waals surface area contributed by atoms with Crippen LogP contribution in [0.4, 0.5) is 0 Å². The van der Waals surface area contributed by atoms with Crippen molar-refractivity contribution in [3.05, 3.63) is 18.2 Å². The zero-order valence-electron chi connectivity index (χ0n) is 11.1. The highest BCUT2D eigenvalue weighted by Gasteiger charge is 2.48. The third-order valence-electron chi connectivity index (χ3n) is 4.02. The smallest absolute Gasteiger partial charge is 0.309 e. The monoisotopic (exact) mass is 252 g/mol. The number of hydrogen-bond acceptors (Lipinski definition) is 4. The summed E-state index contributed by atoms with van der Waals surface area (Å²) >= 11 is 0. The fraction of sp³-hybridized carbons (Fsp3) is 0.692. The molecule has 0 amide bonds. The van der Waals surface area contributed by atoms with Crippen molar-refractivity contribution in [2.45, 2.75) is 38.7 Å². The molecule has 1 saturated carbocycles. The molecule has 1 aliphatic rings. The minimum absolute atomic E-state index is 0.161. The number of carbonyl (C=O) groups excluding carboxylic acids is 1. The van der Waals surface area contributed by atoms with Gasteiger partial charge in [-0.05, 0) is 24.7 Å². The average molecular weight is 252 g/mol. The molecule has 1 aromatic heterocycles. The highest BCUT2D eigenvalue weighted by molar-refractivity contribution is 5.73. The Labute approximate surface area is 107 Å². The van der Waals surface area contributed by atoms with Crippen LogP contribution >= 0.6 is 0 Å². The first-order valence-corrected chi connectivity index (χ1v) is 6.18. The maximum atomic E-state index is 11.8. The van der Waals surface area contributed by atoms with Crippen molar-refractivity contribution in [1.29, 1.82) is 0 Å². The number of esters is 1. The van der Waals surface area contributed by atoms with Crippen LogP contribution in [0.2, 0.25) is 0 Å². The van der Waals surface area contributed by atoms with Gasteiger partial charge < -0.3 is 14.8 Å². The summed E-state index contributed by atoms with van der Waals surface area (Å²) in [6, 6.07) is 0. The van der Waals surface area contributed by atoms with Crippen LogP contribution in [0.3, 0.4) is 0 Å². The van der Waals surface area contributed by atoms with Crippen LogP contribution in [0, 0.1) is 11.3 Å². The molecular weight excluding hydrogens is 232 g/mol. The van der Waals surface area contributed by atoms with E-state index in [1.165, 1.54) is 7.11 Å². The Morgan fingerprint density at radius 1 is 1.61 bits per heavy atom. The van der Waals surface area contributed by atoms with E-state index in [0.717, 1.165) is 5.69 Å². The molecule has 1 fully saturated rings. The zero-order chi connectivity index (χ0) is 13.4. The van der Waals surface area contributed by atoms with E-state index in [2.05, 4.69) is 9.97 Å². The van der Waals surface area contributed by atoms with Gasteiger partial charge in [0.2, 0.25) is 0 Å². The number of imidazole rings is 1. The predicted molar refractivity (Wildman–Crippen MR) is 65.6 cm³/mol. The summed E-state index contributed by atoms with van der Waals surface area (Å²) in [5.74, 6) is -0.350. The molecular formula is C13H20N2O3. The van der Waals surface area contributed by atoms with Crippen LogP contribution in [0.25, 0.3) is 0 Å². The number of H-pyrrole nitrogens is 1. The average Bonchev–Trinajstić information content (AvgIpc) is 2.81. The molecule has 100 valence electrons. The maximum Gasteiger partial charge on any atom is 0.309 e. The number of nitrogens with one attached hydrogen (secondary N) is 1. The van der Waals surface area contributed by atoms with E-state index in [-0.39, 0.29) is 17.3 Å². The van der Waals surface area contributed by atoms with Gasteiger partial charge in [0.25, 0.3) is 0 Å². The van der Waals surface area contributed by atoms with Crippen molar-refractivity contribution in [3.8, 4) is 0 Å². The van der Waals surface area contributed by atoms with Gasteiger partial charge >= 0.3 is 5.97 Å². The molecule has 1 aliphatic carbocycles. The Hall–Kier alpha value is -1.36. The van der Waals surface area contributed by atoms with E-state index >= 15 is 0 Å². The topological polar surface area (TPSA) is 75.2 Å². The number of aromatic amines is 1. The maximum absolute atomic E-state index is 11.8. The quantitative estimate of drug-likeness (QED) is 0.784. The number of aliphatic hydroxyl groups is 1. The van der Waals surface area contributed by atoms with Gasteiger partial charge in [0.1, 0.15) is 5.60 Å². The summed E-state index contributed by atoms with van der Waals surface area (Å²) in [6.45, 7) is 3.99. The summed E-state index contributed by atoms with van der Waals surface area (Å²) in [4.78, 5) is 18.7. The lowest BCUT2D eigenvalue weighted by Gasteiger charge is -2.45. The Morgan fingerprint density at radius 3 is 2.83 bits per heavy atom. The molecule has 0 radical (unpaired) electrons. The number of carbonyl (C=O) groups is 1. The second-order valence-electron chi connectivity index (χ2n) is 5.78. The molecule has 2 atom stereocenters. The minimum atomic E-state index is -0.926. The summed E-state index contributed by atoms with van der Waals surface area (Å²) in [5.41, 5.74) is -0.505. The number of aromatic nitrogens is 2. The molecule has 0 bridgehead atoms. The van der Waals surface area contributed by atoms with Gasteiger partial charge in [0.15, 0.2) is 0 Å². The van der Waals surface area contributed by atoms with Gasteiger partial charge in [-0.1, -0.05) is 13.8 Å². The van der Waals surface area contributed by atoms with E-state index in [9.17, 15) is 9.90 Å². The second-order valence-corrected chi connectivity index (χ2v) is 5.78. The Bertz CT molecular complexity index is 427. The van der Waals surface area contributed by atoms with E-state index in [4.69, 9.17) is 4.74 Å². The minimum Gasteiger partial charge on any atom is -0.469 e. The fourth-order valence-electron chi connectivity index (χ4n) is 3.06. The number of hydrogen-bond donors (Lipinski definition) is 2. The number of rotatable bonds is 2. The molecule has 2 rings (SSSR count). The summed E-state index contributed by atoms with van der Waals surface area (Å²) in [7, 11) is 1.41. The third kappa shape index (κ3) is 2.14. The fourth-order valence-corrected chi connectivity index (χ4v) is 3.06. The standard InChI is InChI=1S/C13H20N2O3/c1-12(2)7-13(17,10-6-14-8-15-10)5-4-9(12)11(16)18-3/h6,8-9,17H,4-5,7H2,1-3H3,(H,14,15)/t9-,13+/m1/s1. The van der Waals surface area contributed by atoms with Crippen molar-refractivity contribution in [2.75, 3.05) is 7.11 Å². The van der Waals surface area contributed by atoms with Gasteiger partial charge in [-0.2, -0.15) is 0 Å². The van der Waals surface area contributed by atoms with Crippen molar-refractivity contribution in [3.63, 3.8) is 0 Å². The molecule has 0 aromatic carbocycles. The van der Waals surface area contributed by atoms with E-state index in [1.54, 1.807) is 12.5 Å². The van der Waals surface area contributed by atoms with Gasteiger partial charge in [0, 0.05) is 0 Å². The van der Waals surface area contributed by atoms with Crippen LogP contribution < -0.4 is 0 Å². The molecule has 0 aliphatic heterocycles. The first-order chi connectivity index (χ1) is 8.39. The van der Waals surface area contributed by atoms with Crippen molar-refractivity contribution < 1.29 is 14.6 Å². The Kier molecular flexibility index (Phi) is 3.19. The summed E-state index contributed by atoms with van der Waals surface area (Å²) in [5, 5.41) is 10.7. The third-order valence-corrected chi connectivity index (χ3v) is 4.02. The summed E-state index contributed by atoms with van der Waals surface area (Å²) < 4.78 is 4.84. The molecule has 2 N–H and O–H groups in total. The van der Waals surface area contributed by atoms with Gasteiger partial charge in [-0.25, -0.2) is 4.98 Å². The van der Waals surface area contributed by atoms with Gasteiger partial charge in [-0.15, -0.1) is 0 Å². The lowest BCUT2D eigenvalue weighted by molar-refractivity contribution is -0.158. The summed E-state index contributed by atoms with van der Waals surface area (Å²) in [6.07, 6.45) is 4.89. The second kappa shape index (κ2) is 4.39. The molecule has 0 saturated heterocycles. The zero-order valence-corrected chi connectivity index (χ0v) is 11.1. The normalized spacial score (nSPS) is 31.0. The van der Waals surface area contributed by atoms with Crippen LogP contribution in [0.1, 0.15) is 38.8 Å². The molecule has 1 aromatic rings. The largest absolute Gasteiger partial charge is 0.469 e. The highest BCUT2D eigenvalue weighted by atomic mass is 16.5. The van der Waals surface area contributed by atoms with Crippen LogP contribution in [0.15, 0.2) is 12.5 Å². The Balaban J connectivity index is 2.22. The molecule has 5 nitrogen and oxygen atoms in total. The van der Waals surface area contributed by atoms with Crippen molar-refractivity contribution in [1.82, 2.24) is 9.97 Å². The number of nitrogens with zero attached hydrogens (tertiary/aromatic N) is 1. The molecule has 18 heavy (non-hydrogen) atoms. The Morgan fingerprint density at radius 2 is 2.33 bits per heavy atom. The lowest BCUT2D eigenvalue weighted by atomic mass is 9.62. The first-order valence-electron chi connectivity index (χ1n) is 6.18. The number of methoxy groups -OCH3 is 1. The SMILES string of the molecule is COC(=O)[C@H]1CC[C@@](O)(c2cnc[nH]2)CC1(C)C. The van der Waals surface area contributed by atoms with Crippen LogP contribution in [-0.4, -0.2) is 28.2 Å². The van der Waals surface area contributed by atoms with Gasteiger partial charge in [-0.3, -0.25) is 4.79 Å². The van der Waals surface area contributed by atoms with E-state index in [0.29, 0.717) is 19.3 Å². The predicted octanol–water partition coefficient (Wildman–Crippen LogP) is 1.60. The van der Waals surface area contributed by atoms with Crippen molar-refractivity contribution in [2.24, 2.45) is 11.3 Å². The van der Waals surface area contributed by atoms with Crippen LogP contribution in [0.5, 0.6) is 0 Å². The number of ether oxygens (including phenoxy) is 1. The van der Waals surface area contributed by atoms with Crippen LogP contribution in [-0.2, 0) is 15.1 Å². The molecule has 1 heterocycles. The molecule has 5 heteroatoms. The molecule has 0 spiro atoms. The lowest BCUT2D eigenvalue weighted by Crippen LogP contribution is -2.45. The highest BCUT2D eigenvalue weighted by Crippen LogP contribution is 2.49. The molecule has 0 unspecified atom stereocenters. The van der Waals surface area contributed by atoms with Gasteiger partial charge in [0.05, 0.1) is 31.2 Å². The van der Waals surface area contributed by atoms with E-state index in [1.807, 2.05) is 13.8 Å². The van der Waals surface area contributed by atoms with E-state index < -0.39 is 5.60 Å². The van der Waals surface area contributed by atoms with Crippen molar-refractivity contribution >= 4 is 5.97 Å².